The van der Waals surface area contributed by atoms with E-state index >= 15 is 0 Å². The molecule has 1 atom stereocenters. The smallest absolute Gasteiger partial charge is 0.449 e. The molecule has 0 bridgehead atoms. The fourth-order valence-corrected chi connectivity index (χ4v) is 0.372. The molecular weight excluding hydrogens is 171 g/mol. The molecule has 0 heterocycles. The molecule has 6 heteroatoms. The van der Waals surface area contributed by atoms with Gasteiger partial charge in [-0.3, -0.25) is 0 Å². The molecule has 0 rings (SSSR count). The SMILES string of the molecule is COCC(C)[B-](F)(F)F.[K+]. The summed E-state index contributed by atoms with van der Waals surface area (Å²) in [5, 5.41) is 0. The molecule has 10 heavy (non-hydrogen) atoms. The van der Waals surface area contributed by atoms with Crippen LogP contribution in [0, 0.1) is 0 Å². The van der Waals surface area contributed by atoms with Crippen molar-refractivity contribution in [2.75, 3.05) is 13.7 Å². The van der Waals surface area contributed by atoms with E-state index in [0.717, 1.165) is 6.92 Å². The van der Waals surface area contributed by atoms with Crippen molar-refractivity contribution in [2.45, 2.75) is 12.7 Å². The van der Waals surface area contributed by atoms with Gasteiger partial charge < -0.3 is 17.7 Å². The molecule has 0 amide bonds. The van der Waals surface area contributed by atoms with Crippen molar-refractivity contribution in [3.8, 4) is 0 Å². The topological polar surface area (TPSA) is 9.23 Å². The van der Waals surface area contributed by atoms with Crippen LogP contribution in [0.15, 0.2) is 0 Å². The number of hydrogen-bond acceptors (Lipinski definition) is 1. The number of methoxy groups -OCH3 is 1. The maximum absolute atomic E-state index is 11.6. The standard InChI is InChI=1S/C4H9BF3O.K/c1-4(3-9-2)5(6,7)8;/h4H,3H2,1-2H3;/q-1;+1. The molecule has 0 aromatic rings. The van der Waals surface area contributed by atoms with Gasteiger partial charge in [0.15, 0.2) is 0 Å². The first-order chi connectivity index (χ1) is 3.98. The van der Waals surface area contributed by atoms with Crippen molar-refractivity contribution in [1.82, 2.24) is 0 Å². The van der Waals surface area contributed by atoms with Crippen LogP contribution in [0.5, 0.6) is 0 Å². The Morgan fingerprint density at radius 3 is 1.90 bits per heavy atom. The van der Waals surface area contributed by atoms with Crippen LogP contribution in [0.2, 0.25) is 5.82 Å². The normalized spacial score (nSPS) is 14.1. The zero-order valence-electron chi connectivity index (χ0n) is 6.40. The second-order valence-electron chi connectivity index (χ2n) is 2.06. The number of ether oxygens (including phenoxy) is 1. The van der Waals surface area contributed by atoms with E-state index in [1.54, 1.807) is 0 Å². The summed E-state index contributed by atoms with van der Waals surface area (Å²) in [6, 6.07) is 0. The molecular formula is C4H9BF3KO. The summed E-state index contributed by atoms with van der Waals surface area (Å²) >= 11 is 0. The summed E-state index contributed by atoms with van der Waals surface area (Å²) in [5.41, 5.74) is 0. The Bertz CT molecular complexity index is 87.1. The summed E-state index contributed by atoms with van der Waals surface area (Å²) in [6.07, 6.45) is 0. The van der Waals surface area contributed by atoms with Gasteiger partial charge in [-0.1, -0.05) is 12.7 Å². The molecule has 0 aromatic heterocycles. The van der Waals surface area contributed by atoms with Crippen LogP contribution >= 0.6 is 0 Å². The maximum Gasteiger partial charge on any atom is 1.00 e. The van der Waals surface area contributed by atoms with Crippen molar-refractivity contribution < 1.29 is 69.1 Å². The fraction of sp³-hybridized carbons (Fsp3) is 1.00. The van der Waals surface area contributed by atoms with E-state index in [4.69, 9.17) is 0 Å². The van der Waals surface area contributed by atoms with E-state index in [1.807, 2.05) is 0 Å². The molecule has 0 spiro atoms. The van der Waals surface area contributed by atoms with Gasteiger partial charge >= 0.3 is 58.4 Å². The van der Waals surface area contributed by atoms with Gasteiger partial charge in [0.05, 0.1) is 0 Å². The first kappa shape index (κ1) is 14.0. The second-order valence-corrected chi connectivity index (χ2v) is 2.06. The summed E-state index contributed by atoms with van der Waals surface area (Å²) < 4.78 is 39.2. The van der Waals surface area contributed by atoms with E-state index in [-0.39, 0.29) is 58.0 Å². The average Bonchev–Trinajstić information content (AvgIpc) is 1.64. The van der Waals surface area contributed by atoms with E-state index in [9.17, 15) is 12.9 Å². The number of hydrogen-bond donors (Lipinski definition) is 0. The van der Waals surface area contributed by atoms with E-state index in [2.05, 4.69) is 4.74 Å². The molecule has 0 aromatic carbocycles. The molecule has 0 fully saturated rings. The predicted molar refractivity (Wildman–Crippen MR) is 30.4 cm³/mol. The zero-order valence-corrected chi connectivity index (χ0v) is 9.53. The fourth-order valence-electron chi connectivity index (χ4n) is 0.372. The third-order valence-electron chi connectivity index (χ3n) is 1.07. The van der Waals surface area contributed by atoms with Crippen LogP contribution in [0.4, 0.5) is 12.9 Å². The van der Waals surface area contributed by atoms with Gasteiger partial charge in [-0.25, -0.2) is 0 Å². The number of halogens is 3. The first-order valence-electron chi connectivity index (χ1n) is 2.67. The van der Waals surface area contributed by atoms with Gasteiger partial charge in [0.1, 0.15) is 0 Å². The van der Waals surface area contributed by atoms with Crippen LogP contribution < -0.4 is 51.4 Å². The molecule has 0 N–H and O–H groups in total. The molecule has 0 radical (unpaired) electrons. The third kappa shape index (κ3) is 6.18. The summed E-state index contributed by atoms with van der Waals surface area (Å²) in [4.78, 5) is 0. The molecule has 0 saturated heterocycles. The molecule has 0 aliphatic rings. The Balaban J connectivity index is 0. The van der Waals surface area contributed by atoms with Crippen LogP contribution in [0.1, 0.15) is 6.92 Å². The Labute approximate surface area is 101 Å². The Kier molecular flexibility index (Phi) is 8.43. The molecule has 1 nitrogen and oxygen atoms in total. The van der Waals surface area contributed by atoms with E-state index < -0.39 is 12.8 Å². The van der Waals surface area contributed by atoms with Crippen molar-refractivity contribution in [2.24, 2.45) is 0 Å². The van der Waals surface area contributed by atoms with Crippen molar-refractivity contribution in [1.29, 1.82) is 0 Å². The van der Waals surface area contributed by atoms with Crippen molar-refractivity contribution in [3.63, 3.8) is 0 Å². The van der Waals surface area contributed by atoms with Crippen molar-refractivity contribution >= 4 is 6.98 Å². The third-order valence-corrected chi connectivity index (χ3v) is 1.07. The minimum Gasteiger partial charge on any atom is -0.449 e. The predicted octanol–water partition coefficient (Wildman–Crippen LogP) is -1.13. The summed E-state index contributed by atoms with van der Waals surface area (Å²) in [7, 11) is 1.26. The van der Waals surface area contributed by atoms with Gasteiger partial charge in [-0.2, -0.15) is 0 Å². The number of rotatable bonds is 3. The average molecular weight is 180 g/mol. The largest absolute Gasteiger partial charge is 1.00 e. The van der Waals surface area contributed by atoms with Gasteiger partial charge in [0.2, 0.25) is 0 Å². The monoisotopic (exact) mass is 180 g/mol. The van der Waals surface area contributed by atoms with Crippen LogP contribution in [-0.4, -0.2) is 20.7 Å². The van der Waals surface area contributed by atoms with Crippen LogP contribution in [0.25, 0.3) is 0 Å². The van der Waals surface area contributed by atoms with Crippen molar-refractivity contribution in [3.05, 3.63) is 0 Å². The maximum atomic E-state index is 11.6. The van der Waals surface area contributed by atoms with Crippen LogP contribution in [0.3, 0.4) is 0 Å². The Hall–Kier alpha value is 1.45. The van der Waals surface area contributed by atoms with Gasteiger partial charge in [-0.05, 0) is 0 Å². The Morgan fingerprint density at radius 2 is 1.80 bits per heavy atom. The molecule has 1 unspecified atom stereocenters. The van der Waals surface area contributed by atoms with Gasteiger partial charge in [0, 0.05) is 13.7 Å². The van der Waals surface area contributed by atoms with Gasteiger partial charge in [-0.15, -0.1) is 0 Å². The quantitative estimate of drug-likeness (QED) is 0.499. The minimum absolute atomic E-state index is 0. The summed E-state index contributed by atoms with van der Waals surface area (Å²) in [6.45, 7) is -3.81. The minimum atomic E-state index is -4.70. The summed E-state index contributed by atoms with van der Waals surface area (Å²) in [5.74, 6) is -1.30. The second kappa shape index (κ2) is 6.02. The molecule has 0 aliphatic carbocycles. The molecule has 0 saturated carbocycles. The molecule has 56 valence electrons. The van der Waals surface area contributed by atoms with E-state index in [0.29, 0.717) is 0 Å². The van der Waals surface area contributed by atoms with Crippen LogP contribution in [-0.2, 0) is 4.74 Å². The van der Waals surface area contributed by atoms with Gasteiger partial charge in [0.25, 0.3) is 0 Å². The Morgan fingerprint density at radius 1 is 1.40 bits per heavy atom. The van der Waals surface area contributed by atoms with E-state index in [1.165, 1.54) is 7.11 Å². The first-order valence-corrected chi connectivity index (χ1v) is 2.67. The zero-order chi connectivity index (χ0) is 7.49. The molecule has 0 aliphatic heterocycles.